The molecule has 0 amide bonds. The minimum absolute atomic E-state index is 0.0123. The van der Waals surface area contributed by atoms with Gasteiger partial charge in [-0.3, -0.25) is 0 Å². The summed E-state index contributed by atoms with van der Waals surface area (Å²) < 4.78 is 0. The Balaban J connectivity index is 3.35. The van der Waals surface area contributed by atoms with Gasteiger partial charge in [-0.1, -0.05) is 12.1 Å². The van der Waals surface area contributed by atoms with Crippen LogP contribution < -0.4 is 5.11 Å². The highest BCUT2D eigenvalue weighted by Gasteiger charge is 2.09. The average molecular weight is 179 g/mol. The first-order valence-electron chi connectivity index (χ1n) is 3.58. The van der Waals surface area contributed by atoms with Crippen molar-refractivity contribution >= 4 is 11.9 Å². The molecule has 0 heterocycles. The number of carboxylic acid groups (broad SMARTS) is 2. The second kappa shape index (κ2) is 3.26. The Hall–Kier alpha value is -1.84. The van der Waals surface area contributed by atoms with E-state index in [0.717, 1.165) is 0 Å². The molecule has 0 fully saturated rings. The van der Waals surface area contributed by atoms with Crippen molar-refractivity contribution in [2.24, 2.45) is 0 Å². The fourth-order valence-corrected chi connectivity index (χ4v) is 1.09. The van der Waals surface area contributed by atoms with Gasteiger partial charge in [0.15, 0.2) is 0 Å². The molecule has 13 heavy (non-hydrogen) atoms. The molecule has 0 unspecified atom stereocenters. The smallest absolute Gasteiger partial charge is 0.335 e. The third-order valence-electron chi connectivity index (χ3n) is 1.78. The predicted octanol–water partition coefficient (Wildman–Crippen LogP) is 0.0567. The lowest BCUT2D eigenvalue weighted by atomic mass is 10.0. The van der Waals surface area contributed by atoms with E-state index in [9.17, 15) is 14.7 Å². The highest BCUT2D eigenvalue weighted by molar-refractivity contribution is 5.95. The molecule has 0 radical (unpaired) electrons. The van der Waals surface area contributed by atoms with E-state index >= 15 is 0 Å². The second-order valence-corrected chi connectivity index (χ2v) is 2.57. The fourth-order valence-electron chi connectivity index (χ4n) is 1.09. The van der Waals surface area contributed by atoms with E-state index in [4.69, 9.17) is 5.11 Å². The number of hydrogen-bond acceptors (Lipinski definition) is 3. The summed E-state index contributed by atoms with van der Waals surface area (Å²) in [6.07, 6.45) is 0. The minimum atomic E-state index is -1.36. The Morgan fingerprint density at radius 3 is 2.31 bits per heavy atom. The molecule has 0 spiro atoms. The quantitative estimate of drug-likeness (QED) is 0.696. The Morgan fingerprint density at radius 1 is 1.31 bits per heavy atom. The molecule has 1 aromatic rings. The summed E-state index contributed by atoms with van der Waals surface area (Å²) in [4.78, 5) is 21.1. The molecule has 0 saturated carbocycles. The summed E-state index contributed by atoms with van der Waals surface area (Å²) in [6, 6.07) is 4.04. The maximum Gasteiger partial charge on any atom is 0.335 e. The second-order valence-electron chi connectivity index (χ2n) is 2.57. The molecule has 0 aliphatic rings. The molecule has 0 aliphatic carbocycles. The SMILES string of the molecule is Cc1c(C(=O)[O-])cccc1C(=O)O. The summed E-state index contributed by atoms with van der Waals surface area (Å²) in [5.41, 5.74) is 0.122. The fraction of sp³-hybridized carbons (Fsp3) is 0.111. The van der Waals surface area contributed by atoms with E-state index in [2.05, 4.69) is 0 Å². The monoisotopic (exact) mass is 179 g/mol. The highest BCUT2D eigenvalue weighted by atomic mass is 16.4. The maximum atomic E-state index is 10.6. The van der Waals surface area contributed by atoms with Gasteiger partial charge in [-0.15, -0.1) is 0 Å². The molecule has 0 aliphatic heterocycles. The van der Waals surface area contributed by atoms with Crippen molar-refractivity contribution in [3.63, 3.8) is 0 Å². The number of hydrogen-bond donors (Lipinski definition) is 1. The van der Waals surface area contributed by atoms with Crippen molar-refractivity contribution in [3.8, 4) is 0 Å². The van der Waals surface area contributed by atoms with Gasteiger partial charge < -0.3 is 15.0 Å². The van der Waals surface area contributed by atoms with Gasteiger partial charge in [0.25, 0.3) is 0 Å². The average Bonchev–Trinajstić information content (AvgIpc) is 2.03. The first-order valence-corrected chi connectivity index (χ1v) is 3.58. The lowest BCUT2D eigenvalue weighted by Gasteiger charge is -2.08. The molecule has 0 atom stereocenters. The van der Waals surface area contributed by atoms with Crippen molar-refractivity contribution in [1.82, 2.24) is 0 Å². The van der Waals surface area contributed by atoms with Crippen molar-refractivity contribution < 1.29 is 19.8 Å². The van der Waals surface area contributed by atoms with Crippen LogP contribution in [-0.4, -0.2) is 17.0 Å². The lowest BCUT2D eigenvalue weighted by molar-refractivity contribution is -0.255. The predicted molar refractivity (Wildman–Crippen MR) is 42.5 cm³/mol. The Bertz CT molecular complexity index is 336. The van der Waals surface area contributed by atoms with Gasteiger partial charge in [0, 0.05) is 5.56 Å². The van der Waals surface area contributed by atoms with Crippen LogP contribution in [-0.2, 0) is 0 Å². The summed E-state index contributed by atoms with van der Waals surface area (Å²) in [7, 11) is 0. The van der Waals surface area contributed by atoms with E-state index in [1.807, 2.05) is 0 Å². The van der Waals surface area contributed by atoms with Crippen molar-refractivity contribution in [3.05, 3.63) is 34.9 Å². The number of rotatable bonds is 2. The number of carboxylic acids is 2. The first-order chi connectivity index (χ1) is 6.04. The van der Waals surface area contributed by atoms with Gasteiger partial charge >= 0.3 is 5.97 Å². The summed E-state index contributed by atoms with van der Waals surface area (Å²) in [5, 5.41) is 19.2. The van der Waals surface area contributed by atoms with Gasteiger partial charge in [-0.25, -0.2) is 4.79 Å². The van der Waals surface area contributed by atoms with Crippen LogP contribution in [0.25, 0.3) is 0 Å². The van der Waals surface area contributed by atoms with E-state index in [-0.39, 0.29) is 16.7 Å². The van der Waals surface area contributed by atoms with Gasteiger partial charge in [0.2, 0.25) is 0 Å². The number of carbonyl (C=O) groups is 2. The van der Waals surface area contributed by atoms with E-state index in [0.29, 0.717) is 0 Å². The molecule has 1 aromatic carbocycles. The van der Waals surface area contributed by atoms with Crippen LogP contribution in [0, 0.1) is 6.92 Å². The zero-order valence-electron chi connectivity index (χ0n) is 6.90. The molecule has 4 nitrogen and oxygen atoms in total. The molecule has 0 bridgehead atoms. The van der Waals surface area contributed by atoms with Crippen LogP contribution in [0.5, 0.6) is 0 Å². The van der Waals surface area contributed by atoms with Gasteiger partial charge in [0.1, 0.15) is 0 Å². The van der Waals surface area contributed by atoms with Crippen LogP contribution in [0.2, 0.25) is 0 Å². The van der Waals surface area contributed by atoms with Gasteiger partial charge in [-0.05, 0) is 18.6 Å². The van der Waals surface area contributed by atoms with Crippen LogP contribution >= 0.6 is 0 Å². The van der Waals surface area contributed by atoms with Gasteiger partial charge in [-0.2, -0.15) is 0 Å². The van der Waals surface area contributed by atoms with Crippen molar-refractivity contribution in [1.29, 1.82) is 0 Å². The van der Waals surface area contributed by atoms with Crippen molar-refractivity contribution in [2.75, 3.05) is 0 Å². The van der Waals surface area contributed by atoms with Crippen LogP contribution in [0.1, 0.15) is 26.3 Å². The minimum Gasteiger partial charge on any atom is -0.545 e. The van der Waals surface area contributed by atoms with Crippen LogP contribution in [0.4, 0.5) is 0 Å². The zero-order chi connectivity index (χ0) is 10.0. The molecule has 0 saturated heterocycles. The molecular weight excluding hydrogens is 172 g/mol. The largest absolute Gasteiger partial charge is 0.545 e. The van der Waals surface area contributed by atoms with Crippen LogP contribution in [0.3, 0.4) is 0 Å². The number of carbonyl (C=O) groups excluding carboxylic acids is 1. The molecule has 1 rings (SSSR count). The Morgan fingerprint density at radius 2 is 1.85 bits per heavy atom. The molecule has 68 valence electrons. The highest BCUT2D eigenvalue weighted by Crippen LogP contribution is 2.12. The van der Waals surface area contributed by atoms with E-state index in [1.54, 1.807) is 0 Å². The number of aromatic carboxylic acids is 2. The maximum absolute atomic E-state index is 10.6. The van der Waals surface area contributed by atoms with Crippen LogP contribution in [0.15, 0.2) is 18.2 Å². The van der Waals surface area contributed by atoms with E-state index < -0.39 is 11.9 Å². The van der Waals surface area contributed by atoms with Gasteiger partial charge in [0.05, 0.1) is 11.5 Å². The molecular formula is C9H7O4-. The first kappa shape index (κ1) is 9.25. The van der Waals surface area contributed by atoms with E-state index in [1.165, 1.54) is 25.1 Å². The molecule has 0 aromatic heterocycles. The molecule has 4 heteroatoms. The Kier molecular flexibility index (Phi) is 2.32. The Labute approximate surface area is 74.4 Å². The zero-order valence-corrected chi connectivity index (χ0v) is 6.90. The normalized spacial score (nSPS) is 9.62. The standard InChI is InChI=1S/C9H8O4/c1-5-6(8(10)11)3-2-4-7(5)9(12)13/h2-4H,1H3,(H,10,11)(H,12,13)/p-1. The summed E-state index contributed by atoms with van der Waals surface area (Å²) >= 11 is 0. The summed E-state index contributed by atoms with van der Waals surface area (Å²) in [5.74, 6) is -2.50. The lowest BCUT2D eigenvalue weighted by Crippen LogP contribution is -2.24. The topological polar surface area (TPSA) is 77.4 Å². The molecule has 1 N–H and O–H groups in total. The number of benzene rings is 1. The van der Waals surface area contributed by atoms with Crippen molar-refractivity contribution in [2.45, 2.75) is 6.92 Å². The summed E-state index contributed by atoms with van der Waals surface area (Å²) in [6.45, 7) is 1.44. The third kappa shape index (κ3) is 1.66. The third-order valence-corrected chi connectivity index (χ3v) is 1.78.